The number of ether oxygens (including phenoxy) is 3. The summed E-state index contributed by atoms with van der Waals surface area (Å²) < 4.78 is 215. The molecule has 0 saturated carbocycles. The van der Waals surface area contributed by atoms with Crippen LogP contribution in [-0.4, -0.2) is 68.6 Å². The van der Waals surface area contributed by atoms with Crippen molar-refractivity contribution in [1.82, 2.24) is 9.97 Å². The van der Waals surface area contributed by atoms with E-state index in [0.29, 0.717) is 29.2 Å². The molecule has 76 heavy (non-hydrogen) atoms. The van der Waals surface area contributed by atoms with Gasteiger partial charge in [-0.1, -0.05) is 48.5 Å². The SMILES string of the molecule is CCO.CCOC(=[NH2+])COc1ccc(C(F)(F)F)cc1.Nc1ccc(-c2ccccc2S(=O)(=O)C(F)(F)F)cc1N.O=S(=O)(c1ccccc1-c1ccc2nc(COc3ccc(C(F)(F)F)cc3)[nH]c2c1)C(F)(F)F.[Cl-]. The van der Waals surface area contributed by atoms with E-state index in [9.17, 15) is 69.5 Å². The van der Waals surface area contributed by atoms with Crippen LogP contribution in [0.3, 0.4) is 0 Å². The quantitative estimate of drug-likeness (QED) is 0.0377. The molecular weight excluding hydrogens is 1100 g/mol. The normalized spacial score (nSPS) is 11.8. The molecule has 0 bridgehead atoms. The fraction of sp³-hybridized carbons (Fsp3) is 0.208. The van der Waals surface area contributed by atoms with Gasteiger partial charge in [-0.2, -0.15) is 52.7 Å². The molecular formula is C48H44ClF12N5O8S2. The molecule has 412 valence electrons. The van der Waals surface area contributed by atoms with Gasteiger partial charge in [-0.15, -0.1) is 0 Å². The first-order chi connectivity index (χ1) is 34.8. The summed E-state index contributed by atoms with van der Waals surface area (Å²) in [4.78, 5) is 5.50. The Hall–Kier alpha value is -7.23. The second-order valence-corrected chi connectivity index (χ2v) is 18.8. The molecule has 0 saturated heterocycles. The van der Waals surface area contributed by atoms with Crippen LogP contribution in [0.5, 0.6) is 11.5 Å². The molecule has 7 rings (SSSR count). The van der Waals surface area contributed by atoms with E-state index in [4.69, 9.17) is 36.2 Å². The van der Waals surface area contributed by atoms with Crippen molar-refractivity contribution in [3.63, 3.8) is 0 Å². The van der Waals surface area contributed by atoms with Gasteiger partial charge in [0.15, 0.2) is 0 Å². The van der Waals surface area contributed by atoms with Gasteiger partial charge in [0.25, 0.3) is 19.7 Å². The minimum atomic E-state index is -5.57. The lowest BCUT2D eigenvalue weighted by atomic mass is 10.0. The van der Waals surface area contributed by atoms with Gasteiger partial charge < -0.3 is 48.2 Å². The number of anilines is 2. The lowest BCUT2D eigenvalue weighted by Gasteiger charge is -2.13. The number of nitrogen functional groups attached to an aromatic ring is 2. The lowest BCUT2D eigenvalue weighted by Crippen LogP contribution is -3.00. The average molecular weight is 1150 g/mol. The van der Waals surface area contributed by atoms with Gasteiger partial charge in [0.2, 0.25) is 6.61 Å². The first kappa shape index (κ1) is 63.1. The molecule has 1 heterocycles. The van der Waals surface area contributed by atoms with Crippen LogP contribution in [0.4, 0.5) is 64.1 Å². The number of imidazole rings is 1. The Labute approximate surface area is 432 Å². The predicted octanol–water partition coefficient (Wildman–Crippen LogP) is 7.21. The van der Waals surface area contributed by atoms with Crippen LogP contribution in [0.25, 0.3) is 33.3 Å². The number of halogens is 13. The van der Waals surface area contributed by atoms with Gasteiger partial charge >= 0.3 is 29.3 Å². The van der Waals surface area contributed by atoms with Crippen molar-refractivity contribution in [3.8, 4) is 33.8 Å². The first-order valence-corrected chi connectivity index (χ1v) is 24.2. The van der Waals surface area contributed by atoms with Crippen molar-refractivity contribution < 1.29 is 107 Å². The second-order valence-electron chi connectivity index (χ2n) is 15.0. The molecule has 0 spiro atoms. The molecule has 0 fully saturated rings. The number of aromatic nitrogens is 2. The fourth-order valence-corrected chi connectivity index (χ4v) is 8.15. The summed E-state index contributed by atoms with van der Waals surface area (Å²) in [5, 5.41) is 13.0. The molecule has 7 aromatic rings. The Bertz CT molecular complexity index is 3270. The van der Waals surface area contributed by atoms with Gasteiger partial charge in [0, 0.05) is 17.7 Å². The average Bonchev–Trinajstić information content (AvgIpc) is 3.76. The third-order valence-corrected chi connectivity index (χ3v) is 12.7. The zero-order valence-corrected chi connectivity index (χ0v) is 41.6. The minimum absolute atomic E-state index is 0. The number of sulfone groups is 2. The van der Waals surface area contributed by atoms with Crippen LogP contribution in [0, 0.1) is 0 Å². The number of aliphatic hydroxyl groups excluding tert-OH is 1. The van der Waals surface area contributed by atoms with Gasteiger partial charge in [0.1, 0.15) is 23.9 Å². The smallest absolute Gasteiger partial charge is 0.501 e. The van der Waals surface area contributed by atoms with Crippen molar-refractivity contribution in [2.75, 3.05) is 31.3 Å². The number of aromatic amines is 1. The summed E-state index contributed by atoms with van der Waals surface area (Å²) >= 11 is 0. The van der Waals surface area contributed by atoms with Crippen molar-refractivity contribution in [3.05, 3.63) is 150 Å². The molecule has 0 aliphatic carbocycles. The Balaban J connectivity index is 0.000000311. The number of nitrogens with zero attached hydrogens (tertiary/aromatic N) is 1. The number of rotatable bonds is 11. The molecule has 13 nitrogen and oxygen atoms in total. The largest absolute Gasteiger partial charge is 1.00 e. The number of alkyl halides is 12. The standard InChI is InChI=1S/C22H14F6N2O3S.C13H11F3N2O2S.C11H12F3NO2.C2H6O.ClH/c23-21(24,25)14-6-8-15(9-7-14)33-12-20-29-17-10-5-13(11-18(17)30-20)16-3-1-2-4-19(16)34(31,32)22(26,27)28;14-13(15,16)21(19,20)12-4-2-1-3-9(12)8-5-6-10(17)11(18)7-8;1-2-16-10(15)7-17-9-5-3-8(4-6-9)11(12,13)14;1-2-3;/h1-11H,12H2,(H,29,30);1-7H,17-18H2;3-6,15H,2,7H2,1H3;3H,2H2,1H3;1H. The van der Waals surface area contributed by atoms with Crippen molar-refractivity contribution in [2.24, 2.45) is 0 Å². The number of nitrogens with one attached hydrogen (secondary N) is 1. The van der Waals surface area contributed by atoms with Crippen LogP contribution < -0.4 is 38.8 Å². The summed E-state index contributed by atoms with van der Waals surface area (Å²) in [5.41, 5.74) is 0.294. The van der Waals surface area contributed by atoms with Gasteiger partial charge in [0.05, 0.1) is 49.9 Å². The van der Waals surface area contributed by atoms with E-state index in [1.165, 1.54) is 97.1 Å². The van der Waals surface area contributed by atoms with Crippen molar-refractivity contribution in [2.45, 2.75) is 53.6 Å². The highest BCUT2D eigenvalue weighted by molar-refractivity contribution is 7.92. The first-order valence-electron chi connectivity index (χ1n) is 21.3. The number of benzene rings is 6. The van der Waals surface area contributed by atoms with Crippen LogP contribution in [0.15, 0.2) is 143 Å². The zero-order chi connectivity index (χ0) is 56.2. The molecule has 0 aliphatic heterocycles. The van der Waals surface area contributed by atoms with Crippen molar-refractivity contribution in [1.29, 1.82) is 0 Å². The number of nitrogens with two attached hydrogens (primary N) is 3. The molecule has 0 amide bonds. The maximum Gasteiger partial charge on any atom is 0.501 e. The molecule has 0 aliphatic rings. The molecule has 8 N–H and O–H groups in total. The Morgan fingerprint density at radius 2 is 1.03 bits per heavy atom. The van der Waals surface area contributed by atoms with E-state index in [0.717, 1.165) is 36.4 Å². The maximum absolute atomic E-state index is 13.1. The highest BCUT2D eigenvalue weighted by Crippen LogP contribution is 2.39. The van der Waals surface area contributed by atoms with Crippen LogP contribution in [0.2, 0.25) is 0 Å². The van der Waals surface area contributed by atoms with Crippen LogP contribution in [-0.2, 0) is 43.4 Å². The van der Waals surface area contributed by atoms with Crippen molar-refractivity contribution >= 4 is 48.0 Å². The molecule has 0 radical (unpaired) electrons. The van der Waals surface area contributed by atoms with E-state index in [1.54, 1.807) is 13.8 Å². The van der Waals surface area contributed by atoms with E-state index < -0.39 is 64.0 Å². The highest BCUT2D eigenvalue weighted by Gasteiger charge is 2.49. The summed E-state index contributed by atoms with van der Waals surface area (Å²) in [6.45, 7) is 4.01. The molecule has 6 aromatic carbocycles. The third-order valence-electron chi connectivity index (χ3n) is 9.65. The van der Waals surface area contributed by atoms with Gasteiger partial charge in [-0.05, 0) is 110 Å². The van der Waals surface area contributed by atoms with E-state index >= 15 is 0 Å². The van der Waals surface area contributed by atoms with E-state index in [2.05, 4.69) is 9.97 Å². The van der Waals surface area contributed by atoms with Gasteiger partial charge in [-0.3, -0.25) is 0 Å². The Morgan fingerprint density at radius 3 is 1.45 bits per heavy atom. The lowest BCUT2D eigenvalue weighted by molar-refractivity contribution is -0.145. The van der Waals surface area contributed by atoms with Crippen LogP contribution in [0.1, 0.15) is 30.8 Å². The number of fused-ring (bicyclic) bond motifs is 1. The fourth-order valence-electron chi connectivity index (χ4n) is 6.18. The molecule has 0 atom stereocenters. The topological polar surface area (TPSA) is 223 Å². The number of hydrogen-bond acceptors (Lipinski definition) is 11. The Morgan fingerprint density at radius 1 is 0.605 bits per heavy atom. The summed E-state index contributed by atoms with van der Waals surface area (Å²) in [7, 11) is -11.0. The van der Waals surface area contributed by atoms with Gasteiger partial charge in [-0.25, -0.2) is 27.2 Å². The molecule has 28 heteroatoms. The second kappa shape index (κ2) is 26.0. The number of aliphatic hydroxyl groups is 1. The molecule has 1 aromatic heterocycles. The summed E-state index contributed by atoms with van der Waals surface area (Å²) in [6.07, 6.45) is -8.80. The van der Waals surface area contributed by atoms with Crippen LogP contribution >= 0.6 is 0 Å². The number of hydrogen-bond donors (Lipinski definition) is 5. The zero-order valence-electron chi connectivity index (χ0n) is 39.2. The predicted molar refractivity (Wildman–Crippen MR) is 253 cm³/mol. The highest BCUT2D eigenvalue weighted by atomic mass is 35.5. The molecule has 0 unspecified atom stereocenters. The van der Waals surface area contributed by atoms with E-state index in [1.807, 2.05) is 0 Å². The Kier molecular flexibility index (Phi) is 21.6. The number of H-pyrrole nitrogens is 1. The summed E-state index contributed by atoms with van der Waals surface area (Å²) in [5.74, 6) is 0.983. The van der Waals surface area contributed by atoms with E-state index in [-0.39, 0.29) is 77.5 Å². The monoisotopic (exact) mass is 1150 g/mol. The minimum Gasteiger partial charge on any atom is -1.00 e. The third kappa shape index (κ3) is 16.6. The maximum atomic E-state index is 13.1. The summed E-state index contributed by atoms with van der Waals surface area (Å²) in [6, 6.07) is 26.7.